The van der Waals surface area contributed by atoms with Gasteiger partial charge in [0.15, 0.2) is 0 Å². The molecule has 2 heterocycles. The van der Waals surface area contributed by atoms with E-state index in [-0.39, 0.29) is 5.91 Å². The van der Waals surface area contributed by atoms with Crippen molar-refractivity contribution >= 4 is 22.5 Å². The molecule has 3 rings (SSSR count). The van der Waals surface area contributed by atoms with Crippen LogP contribution in [0.4, 0.5) is 5.82 Å². The molecule has 0 aliphatic carbocycles. The normalized spacial score (nSPS) is 18.6. The van der Waals surface area contributed by atoms with Gasteiger partial charge in [-0.05, 0) is 24.1 Å². The van der Waals surface area contributed by atoms with Crippen LogP contribution in [0.25, 0.3) is 10.8 Å². The van der Waals surface area contributed by atoms with Crippen LogP contribution in [0.2, 0.25) is 0 Å². The summed E-state index contributed by atoms with van der Waals surface area (Å²) in [6.45, 7) is 2.19. The molecule has 0 saturated carbocycles. The summed E-state index contributed by atoms with van der Waals surface area (Å²) >= 11 is 0. The predicted octanol–water partition coefficient (Wildman–Crippen LogP) is 1.97. The Kier molecular flexibility index (Phi) is 4.01. The summed E-state index contributed by atoms with van der Waals surface area (Å²) in [5.74, 6) is 0.739. The lowest BCUT2D eigenvalue weighted by Crippen LogP contribution is -2.33. The van der Waals surface area contributed by atoms with Crippen molar-refractivity contribution in [1.29, 1.82) is 0 Å². The van der Waals surface area contributed by atoms with E-state index in [4.69, 9.17) is 10.5 Å². The Morgan fingerprint density at radius 3 is 2.95 bits per heavy atom. The molecule has 5 heteroatoms. The Morgan fingerprint density at radius 1 is 1.38 bits per heavy atom. The van der Waals surface area contributed by atoms with Gasteiger partial charge >= 0.3 is 0 Å². The van der Waals surface area contributed by atoms with Gasteiger partial charge in [-0.3, -0.25) is 4.79 Å². The molecule has 1 aromatic carbocycles. The van der Waals surface area contributed by atoms with Crippen molar-refractivity contribution < 1.29 is 9.53 Å². The number of rotatable bonds is 3. The summed E-state index contributed by atoms with van der Waals surface area (Å²) in [5, 5.41) is 4.63. The molecule has 2 aromatic rings. The lowest BCUT2D eigenvalue weighted by molar-refractivity contribution is 0.0536. The molecular weight excluding hydrogens is 266 g/mol. The van der Waals surface area contributed by atoms with Crippen LogP contribution in [0.5, 0.6) is 0 Å². The van der Waals surface area contributed by atoms with Crippen molar-refractivity contribution in [2.45, 2.75) is 12.8 Å². The van der Waals surface area contributed by atoms with Crippen molar-refractivity contribution in [3.05, 3.63) is 36.0 Å². The molecule has 5 nitrogen and oxygen atoms in total. The van der Waals surface area contributed by atoms with E-state index in [0.717, 1.165) is 36.8 Å². The first-order valence-corrected chi connectivity index (χ1v) is 7.25. The maximum atomic E-state index is 12.4. The lowest BCUT2D eigenvalue weighted by atomic mass is 10.0. The molecule has 0 bridgehead atoms. The maximum absolute atomic E-state index is 12.4. The van der Waals surface area contributed by atoms with Gasteiger partial charge in [-0.2, -0.15) is 0 Å². The van der Waals surface area contributed by atoms with Crippen LogP contribution in [0.15, 0.2) is 30.5 Å². The van der Waals surface area contributed by atoms with E-state index in [1.165, 1.54) is 0 Å². The standard InChI is InChI=1S/C16H19N3O2/c17-15-13-6-2-1-5-12(13)14(9-18-15)16(20)19-8-11-4-3-7-21-10-11/h1-2,5-6,9,11H,3-4,7-8,10H2,(H2,17,18)(H,19,20). The molecule has 1 unspecified atom stereocenters. The largest absolute Gasteiger partial charge is 0.383 e. The summed E-state index contributed by atoms with van der Waals surface area (Å²) in [6, 6.07) is 7.56. The highest BCUT2D eigenvalue weighted by atomic mass is 16.5. The number of anilines is 1. The minimum absolute atomic E-state index is 0.107. The van der Waals surface area contributed by atoms with Crippen molar-refractivity contribution in [3.63, 3.8) is 0 Å². The topological polar surface area (TPSA) is 77.2 Å². The Hall–Kier alpha value is -2.14. The smallest absolute Gasteiger partial charge is 0.253 e. The molecular formula is C16H19N3O2. The van der Waals surface area contributed by atoms with Crippen molar-refractivity contribution in [2.24, 2.45) is 5.92 Å². The number of nitrogens with one attached hydrogen (secondary N) is 1. The van der Waals surface area contributed by atoms with Gasteiger partial charge in [0, 0.05) is 24.7 Å². The fraction of sp³-hybridized carbons (Fsp3) is 0.375. The minimum atomic E-state index is -0.107. The van der Waals surface area contributed by atoms with Gasteiger partial charge in [-0.1, -0.05) is 24.3 Å². The van der Waals surface area contributed by atoms with E-state index in [1.54, 1.807) is 6.20 Å². The minimum Gasteiger partial charge on any atom is -0.383 e. The SMILES string of the molecule is Nc1ncc(C(=O)NCC2CCCOC2)c2ccccc12. The number of nitrogens with zero attached hydrogens (tertiary/aromatic N) is 1. The molecule has 1 amide bonds. The molecule has 1 fully saturated rings. The van der Waals surface area contributed by atoms with Crippen LogP contribution in [0, 0.1) is 5.92 Å². The van der Waals surface area contributed by atoms with Gasteiger partial charge in [0.2, 0.25) is 0 Å². The number of aromatic nitrogens is 1. The molecule has 21 heavy (non-hydrogen) atoms. The summed E-state index contributed by atoms with van der Waals surface area (Å²) in [5.41, 5.74) is 6.42. The Labute approximate surface area is 123 Å². The van der Waals surface area contributed by atoms with E-state index in [1.807, 2.05) is 24.3 Å². The number of carbonyl (C=O) groups is 1. The third kappa shape index (κ3) is 2.97. The first-order valence-electron chi connectivity index (χ1n) is 7.25. The van der Waals surface area contributed by atoms with Gasteiger partial charge < -0.3 is 15.8 Å². The number of hydrogen-bond acceptors (Lipinski definition) is 4. The number of hydrogen-bond donors (Lipinski definition) is 2. The van der Waals surface area contributed by atoms with E-state index in [9.17, 15) is 4.79 Å². The van der Waals surface area contributed by atoms with Gasteiger partial charge in [-0.15, -0.1) is 0 Å². The second-order valence-corrected chi connectivity index (χ2v) is 5.40. The number of amides is 1. The summed E-state index contributed by atoms with van der Waals surface area (Å²) in [6.07, 6.45) is 3.71. The van der Waals surface area contributed by atoms with Crippen LogP contribution in [-0.2, 0) is 4.74 Å². The molecule has 0 radical (unpaired) electrons. The summed E-state index contributed by atoms with van der Waals surface area (Å²) in [4.78, 5) is 16.5. The Balaban J connectivity index is 1.77. The molecule has 1 atom stereocenters. The molecule has 1 aliphatic rings. The number of pyridine rings is 1. The highest BCUT2D eigenvalue weighted by Gasteiger charge is 2.17. The van der Waals surface area contributed by atoms with Gasteiger partial charge in [0.05, 0.1) is 12.2 Å². The van der Waals surface area contributed by atoms with E-state index in [2.05, 4.69) is 10.3 Å². The van der Waals surface area contributed by atoms with E-state index >= 15 is 0 Å². The highest BCUT2D eigenvalue weighted by molar-refractivity contribution is 6.08. The molecule has 1 aliphatic heterocycles. The summed E-state index contributed by atoms with van der Waals surface area (Å²) < 4.78 is 5.43. The first-order chi connectivity index (χ1) is 10.3. The molecule has 0 spiro atoms. The lowest BCUT2D eigenvalue weighted by Gasteiger charge is -2.22. The van der Waals surface area contributed by atoms with Crippen molar-refractivity contribution in [2.75, 3.05) is 25.5 Å². The number of nitrogen functional groups attached to an aromatic ring is 1. The molecule has 3 N–H and O–H groups in total. The van der Waals surface area contributed by atoms with Crippen molar-refractivity contribution in [1.82, 2.24) is 10.3 Å². The van der Waals surface area contributed by atoms with E-state index < -0.39 is 0 Å². The van der Waals surface area contributed by atoms with E-state index in [0.29, 0.717) is 23.8 Å². The van der Waals surface area contributed by atoms with Crippen LogP contribution in [0.1, 0.15) is 23.2 Å². The van der Waals surface area contributed by atoms with Crippen LogP contribution in [0.3, 0.4) is 0 Å². The quantitative estimate of drug-likeness (QED) is 0.904. The fourth-order valence-corrected chi connectivity index (χ4v) is 2.70. The second-order valence-electron chi connectivity index (χ2n) is 5.40. The van der Waals surface area contributed by atoms with Crippen LogP contribution < -0.4 is 11.1 Å². The highest BCUT2D eigenvalue weighted by Crippen LogP contribution is 2.22. The first kappa shape index (κ1) is 13.8. The number of ether oxygens (including phenoxy) is 1. The van der Waals surface area contributed by atoms with Gasteiger partial charge in [0.25, 0.3) is 5.91 Å². The number of benzene rings is 1. The molecule has 110 valence electrons. The molecule has 1 aromatic heterocycles. The number of fused-ring (bicyclic) bond motifs is 1. The third-order valence-electron chi connectivity index (χ3n) is 3.88. The van der Waals surface area contributed by atoms with Gasteiger partial charge in [-0.25, -0.2) is 4.98 Å². The number of carbonyl (C=O) groups excluding carboxylic acids is 1. The zero-order valence-corrected chi connectivity index (χ0v) is 11.8. The third-order valence-corrected chi connectivity index (χ3v) is 3.88. The monoisotopic (exact) mass is 285 g/mol. The average Bonchev–Trinajstić information content (AvgIpc) is 2.54. The predicted molar refractivity (Wildman–Crippen MR) is 82.0 cm³/mol. The van der Waals surface area contributed by atoms with Crippen molar-refractivity contribution in [3.8, 4) is 0 Å². The van der Waals surface area contributed by atoms with Crippen LogP contribution >= 0.6 is 0 Å². The Morgan fingerprint density at radius 2 is 2.19 bits per heavy atom. The summed E-state index contributed by atoms with van der Waals surface area (Å²) in [7, 11) is 0. The second kappa shape index (κ2) is 6.10. The average molecular weight is 285 g/mol. The Bertz CT molecular complexity index is 651. The van der Waals surface area contributed by atoms with Crippen LogP contribution in [-0.4, -0.2) is 30.6 Å². The fourth-order valence-electron chi connectivity index (χ4n) is 2.70. The maximum Gasteiger partial charge on any atom is 0.253 e. The molecule has 1 saturated heterocycles. The number of nitrogens with two attached hydrogens (primary N) is 1. The zero-order valence-electron chi connectivity index (χ0n) is 11.8. The van der Waals surface area contributed by atoms with Gasteiger partial charge in [0.1, 0.15) is 5.82 Å². The zero-order chi connectivity index (χ0) is 14.7.